The topological polar surface area (TPSA) is 45.0 Å². The quantitative estimate of drug-likeness (QED) is 0.884. The Morgan fingerprint density at radius 3 is 2.55 bits per heavy atom. The molecule has 102 valence electrons. The molecule has 20 heavy (non-hydrogen) atoms. The summed E-state index contributed by atoms with van der Waals surface area (Å²) in [5.41, 5.74) is 1.87. The van der Waals surface area contributed by atoms with E-state index >= 15 is 0 Å². The Balaban J connectivity index is 1.97. The van der Waals surface area contributed by atoms with Gasteiger partial charge in [0.05, 0.1) is 0 Å². The Hall–Kier alpha value is -1.89. The van der Waals surface area contributed by atoms with Crippen molar-refractivity contribution in [2.45, 2.75) is 6.54 Å². The second-order valence-electron chi connectivity index (χ2n) is 4.06. The zero-order valence-corrected chi connectivity index (χ0v) is 12.1. The molecule has 0 spiro atoms. The fourth-order valence-electron chi connectivity index (χ4n) is 1.66. The summed E-state index contributed by atoms with van der Waals surface area (Å²) in [6, 6.07) is 14.7. The van der Waals surface area contributed by atoms with Crippen LogP contribution in [0.3, 0.4) is 0 Å². The Morgan fingerprint density at radius 2 is 1.85 bits per heavy atom. The number of ether oxygens (including phenoxy) is 1. The molecular weight excluding hydrogens is 295 g/mol. The summed E-state index contributed by atoms with van der Waals surface area (Å²) < 4.78 is 5.18. The number of benzene rings is 2. The van der Waals surface area contributed by atoms with Crippen LogP contribution >= 0.6 is 23.2 Å². The zero-order chi connectivity index (χ0) is 14.4. The van der Waals surface area contributed by atoms with Crippen molar-refractivity contribution < 1.29 is 4.74 Å². The minimum atomic E-state index is 0.0465. The molecule has 0 bridgehead atoms. The van der Waals surface area contributed by atoms with Gasteiger partial charge in [0.1, 0.15) is 11.8 Å². The van der Waals surface area contributed by atoms with Crippen LogP contribution in [-0.4, -0.2) is 6.61 Å². The first-order chi connectivity index (χ1) is 9.69. The third kappa shape index (κ3) is 4.06. The van der Waals surface area contributed by atoms with Crippen LogP contribution in [0.1, 0.15) is 5.56 Å². The fourth-order valence-corrected chi connectivity index (χ4v) is 2.04. The van der Waals surface area contributed by atoms with Gasteiger partial charge in [-0.2, -0.15) is 5.26 Å². The maximum atomic E-state index is 8.43. The highest BCUT2D eigenvalue weighted by molar-refractivity contribution is 6.33. The van der Waals surface area contributed by atoms with Gasteiger partial charge < -0.3 is 10.1 Å². The second kappa shape index (κ2) is 7.04. The summed E-state index contributed by atoms with van der Waals surface area (Å²) in [6.45, 7) is 0.628. The minimum absolute atomic E-state index is 0.0465. The molecule has 0 aliphatic rings. The molecule has 2 aromatic carbocycles. The molecule has 0 atom stereocenters. The lowest BCUT2D eigenvalue weighted by Gasteiger charge is -2.09. The molecule has 0 aliphatic heterocycles. The fraction of sp³-hybridized carbons (Fsp3) is 0.133. The summed E-state index contributed by atoms with van der Waals surface area (Å²) in [4.78, 5) is 0. The van der Waals surface area contributed by atoms with Crippen LogP contribution in [0.25, 0.3) is 0 Å². The molecule has 3 nitrogen and oxygen atoms in total. The maximum absolute atomic E-state index is 8.43. The van der Waals surface area contributed by atoms with Gasteiger partial charge in [-0.3, -0.25) is 0 Å². The number of nitriles is 1. The molecule has 2 rings (SSSR count). The van der Waals surface area contributed by atoms with E-state index in [1.807, 2.05) is 24.3 Å². The highest BCUT2D eigenvalue weighted by atomic mass is 35.5. The van der Waals surface area contributed by atoms with Crippen molar-refractivity contribution in [2.24, 2.45) is 0 Å². The average molecular weight is 307 g/mol. The Morgan fingerprint density at radius 1 is 1.10 bits per heavy atom. The molecule has 0 heterocycles. The molecular formula is C15H12Cl2N2O. The number of halogens is 2. The SMILES string of the molecule is N#CCOc1ccc(NCc2cc(Cl)ccc2Cl)cc1. The summed E-state index contributed by atoms with van der Waals surface area (Å²) in [6.07, 6.45) is 0. The van der Waals surface area contributed by atoms with Crippen LogP contribution in [0.15, 0.2) is 42.5 Å². The monoisotopic (exact) mass is 306 g/mol. The van der Waals surface area contributed by atoms with Gasteiger partial charge in [0, 0.05) is 22.3 Å². The lowest BCUT2D eigenvalue weighted by atomic mass is 10.2. The van der Waals surface area contributed by atoms with Crippen LogP contribution in [0.5, 0.6) is 5.75 Å². The van der Waals surface area contributed by atoms with Crippen LogP contribution < -0.4 is 10.1 Å². The zero-order valence-electron chi connectivity index (χ0n) is 10.6. The van der Waals surface area contributed by atoms with E-state index in [1.165, 1.54) is 0 Å². The van der Waals surface area contributed by atoms with Crippen LogP contribution in [0.4, 0.5) is 5.69 Å². The molecule has 1 N–H and O–H groups in total. The van der Waals surface area contributed by atoms with Gasteiger partial charge in [0.2, 0.25) is 0 Å². The lowest BCUT2D eigenvalue weighted by molar-refractivity contribution is 0.368. The number of hydrogen-bond donors (Lipinski definition) is 1. The molecule has 0 amide bonds. The number of rotatable bonds is 5. The van der Waals surface area contributed by atoms with Crippen molar-refractivity contribution >= 4 is 28.9 Å². The van der Waals surface area contributed by atoms with E-state index in [2.05, 4.69) is 5.32 Å². The average Bonchev–Trinajstić information content (AvgIpc) is 2.47. The highest BCUT2D eigenvalue weighted by Crippen LogP contribution is 2.22. The van der Waals surface area contributed by atoms with Crippen molar-refractivity contribution in [1.29, 1.82) is 5.26 Å². The van der Waals surface area contributed by atoms with Crippen molar-refractivity contribution in [1.82, 2.24) is 0 Å². The first-order valence-corrected chi connectivity index (χ1v) is 6.72. The van der Waals surface area contributed by atoms with Crippen molar-refractivity contribution in [2.75, 3.05) is 11.9 Å². The molecule has 0 fully saturated rings. The van der Waals surface area contributed by atoms with E-state index in [0.29, 0.717) is 22.3 Å². The molecule has 0 unspecified atom stereocenters. The van der Waals surface area contributed by atoms with E-state index in [0.717, 1.165) is 11.3 Å². The van der Waals surface area contributed by atoms with Crippen LogP contribution in [0, 0.1) is 11.3 Å². The molecule has 0 aliphatic carbocycles. The molecule has 0 saturated carbocycles. The number of nitrogens with zero attached hydrogens (tertiary/aromatic N) is 1. The molecule has 0 radical (unpaired) electrons. The van der Waals surface area contributed by atoms with E-state index in [-0.39, 0.29) is 6.61 Å². The minimum Gasteiger partial charge on any atom is -0.479 e. The lowest BCUT2D eigenvalue weighted by Crippen LogP contribution is -2.00. The Bertz CT molecular complexity index is 621. The number of anilines is 1. The smallest absolute Gasteiger partial charge is 0.174 e. The standard InChI is InChI=1S/C15H12Cl2N2O/c16-12-1-6-15(17)11(9-12)10-19-13-2-4-14(5-3-13)20-8-7-18/h1-6,9,19H,8,10H2. The van der Waals surface area contributed by atoms with Gasteiger partial charge >= 0.3 is 0 Å². The van der Waals surface area contributed by atoms with Gasteiger partial charge in [-0.15, -0.1) is 0 Å². The van der Waals surface area contributed by atoms with Gasteiger partial charge in [-0.1, -0.05) is 23.2 Å². The second-order valence-corrected chi connectivity index (χ2v) is 4.90. The summed E-state index contributed by atoms with van der Waals surface area (Å²) in [5.74, 6) is 0.665. The van der Waals surface area contributed by atoms with Crippen molar-refractivity contribution in [3.05, 3.63) is 58.1 Å². The van der Waals surface area contributed by atoms with Gasteiger partial charge in [-0.25, -0.2) is 0 Å². The van der Waals surface area contributed by atoms with E-state index in [4.69, 9.17) is 33.2 Å². The van der Waals surface area contributed by atoms with Crippen LogP contribution in [0.2, 0.25) is 10.0 Å². The first kappa shape index (κ1) is 14.5. The van der Waals surface area contributed by atoms with Gasteiger partial charge in [0.25, 0.3) is 0 Å². The van der Waals surface area contributed by atoms with Gasteiger partial charge in [-0.05, 0) is 48.0 Å². The molecule has 0 aromatic heterocycles. The van der Waals surface area contributed by atoms with E-state index in [1.54, 1.807) is 24.3 Å². The predicted octanol–water partition coefficient (Wildman–Crippen LogP) is 4.51. The van der Waals surface area contributed by atoms with E-state index in [9.17, 15) is 0 Å². The van der Waals surface area contributed by atoms with Gasteiger partial charge in [0.15, 0.2) is 6.61 Å². The molecule has 0 saturated heterocycles. The summed E-state index contributed by atoms with van der Waals surface area (Å²) in [5, 5.41) is 13.0. The van der Waals surface area contributed by atoms with E-state index < -0.39 is 0 Å². The highest BCUT2D eigenvalue weighted by Gasteiger charge is 2.02. The number of hydrogen-bond acceptors (Lipinski definition) is 3. The third-order valence-electron chi connectivity index (χ3n) is 2.65. The molecule has 2 aromatic rings. The maximum Gasteiger partial charge on any atom is 0.174 e. The Kier molecular flexibility index (Phi) is 5.11. The molecule has 5 heteroatoms. The normalized spacial score (nSPS) is 9.85. The number of nitrogens with one attached hydrogen (secondary N) is 1. The first-order valence-electron chi connectivity index (χ1n) is 5.96. The summed E-state index contributed by atoms with van der Waals surface area (Å²) >= 11 is 12.0. The van der Waals surface area contributed by atoms with Crippen LogP contribution in [-0.2, 0) is 6.54 Å². The Labute approximate surface area is 127 Å². The third-order valence-corrected chi connectivity index (χ3v) is 3.25. The summed E-state index contributed by atoms with van der Waals surface area (Å²) in [7, 11) is 0. The predicted molar refractivity (Wildman–Crippen MR) is 81.3 cm³/mol. The van der Waals surface area contributed by atoms with Crippen molar-refractivity contribution in [3.8, 4) is 11.8 Å². The largest absolute Gasteiger partial charge is 0.479 e. The van der Waals surface area contributed by atoms with Crippen molar-refractivity contribution in [3.63, 3.8) is 0 Å².